The van der Waals surface area contributed by atoms with E-state index in [1.807, 2.05) is 0 Å². The van der Waals surface area contributed by atoms with Crippen molar-refractivity contribution in [3.8, 4) is 0 Å². The second-order valence-corrected chi connectivity index (χ2v) is 3.88. The minimum atomic E-state index is -1.04. The number of fused-ring (bicyclic) bond motifs is 1. The van der Waals surface area contributed by atoms with Crippen molar-refractivity contribution in [1.82, 2.24) is 4.57 Å². The summed E-state index contributed by atoms with van der Waals surface area (Å²) in [6.07, 6.45) is 1.37. The molecule has 5 nitrogen and oxygen atoms in total. The van der Waals surface area contributed by atoms with E-state index >= 15 is 0 Å². The number of aromatic carboxylic acids is 1. The van der Waals surface area contributed by atoms with Crippen LogP contribution in [0.2, 0.25) is 0 Å². The number of carboxylic acids is 1. The average molecular weight is 247 g/mol. The number of hydrogen-bond acceptors (Lipinski definition) is 3. The molecular weight excluding hydrogens is 234 g/mol. The average Bonchev–Trinajstić information content (AvgIpc) is 2.38. The van der Waals surface area contributed by atoms with Crippen LogP contribution in [0, 0.1) is 0 Å². The van der Waals surface area contributed by atoms with E-state index in [-0.39, 0.29) is 11.1 Å². The Morgan fingerprint density at radius 1 is 1.33 bits per heavy atom. The van der Waals surface area contributed by atoms with Crippen LogP contribution in [-0.4, -0.2) is 29.4 Å². The first-order chi connectivity index (χ1) is 8.65. The van der Waals surface area contributed by atoms with Crippen LogP contribution in [0.15, 0.2) is 35.3 Å². The molecule has 0 aliphatic rings. The Morgan fingerprint density at radius 3 is 2.61 bits per heavy atom. The summed E-state index contributed by atoms with van der Waals surface area (Å²) in [5.41, 5.74) is -0.0750. The van der Waals surface area contributed by atoms with Crippen molar-refractivity contribution in [2.45, 2.75) is 6.54 Å². The zero-order valence-electron chi connectivity index (χ0n) is 9.92. The predicted molar refractivity (Wildman–Crippen MR) is 67.0 cm³/mol. The summed E-state index contributed by atoms with van der Waals surface area (Å²) in [6.45, 7) is 0.692. The fraction of sp³-hybridized carbons (Fsp3) is 0.231. The summed E-state index contributed by atoms with van der Waals surface area (Å²) < 4.78 is 6.28. The topological polar surface area (TPSA) is 68.5 Å². The number of carboxylic acid groups (broad SMARTS) is 1. The molecule has 1 N–H and O–H groups in total. The van der Waals surface area contributed by atoms with Gasteiger partial charge >= 0.3 is 5.97 Å². The lowest BCUT2D eigenvalue weighted by Gasteiger charge is -2.09. The zero-order valence-corrected chi connectivity index (χ0v) is 9.92. The molecule has 2 rings (SSSR count). The molecule has 0 spiro atoms. The molecule has 0 amide bonds. The van der Waals surface area contributed by atoms with Gasteiger partial charge < -0.3 is 14.4 Å². The highest BCUT2D eigenvalue weighted by molar-refractivity contribution is 6.02. The molecule has 0 atom stereocenters. The van der Waals surface area contributed by atoms with Crippen LogP contribution in [0.25, 0.3) is 10.8 Å². The maximum absolute atomic E-state index is 12.1. The quantitative estimate of drug-likeness (QED) is 0.885. The molecule has 2 aromatic rings. The third-order valence-electron chi connectivity index (χ3n) is 2.76. The van der Waals surface area contributed by atoms with Gasteiger partial charge in [0.2, 0.25) is 0 Å². The van der Waals surface area contributed by atoms with E-state index in [1.165, 1.54) is 17.9 Å². The van der Waals surface area contributed by atoms with Crippen LogP contribution >= 0.6 is 0 Å². The van der Waals surface area contributed by atoms with Gasteiger partial charge in [-0.05, 0) is 6.07 Å². The predicted octanol–water partition coefficient (Wildman–Crippen LogP) is 1.35. The van der Waals surface area contributed by atoms with E-state index in [2.05, 4.69) is 0 Å². The Morgan fingerprint density at radius 2 is 2.00 bits per heavy atom. The van der Waals surface area contributed by atoms with Crippen molar-refractivity contribution in [3.63, 3.8) is 0 Å². The first-order valence-corrected chi connectivity index (χ1v) is 5.49. The Bertz CT molecular complexity index is 645. The molecule has 1 aromatic heterocycles. The van der Waals surface area contributed by atoms with Gasteiger partial charge in [0.25, 0.3) is 5.56 Å². The molecule has 1 heterocycles. The molecule has 0 aliphatic heterocycles. The van der Waals surface area contributed by atoms with Crippen molar-refractivity contribution in [2.75, 3.05) is 13.7 Å². The van der Waals surface area contributed by atoms with Crippen LogP contribution in [-0.2, 0) is 11.3 Å². The summed E-state index contributed by atoms with van der Waals surface area (Å²) in [6, 6.07) is 6.71. The molecule has 0 aliphatic carbocycles. The number of carbonyl (C=O) groups is 1. The Hall–Kier alpha value is -2.14. The lowest BCUT2D eigenvalue weighted by molar-refractivity contribution is 0.0697. The summed E-state index contributed by atoms with van der Waals surface area (Å²) in [5, 5.41) is 10.0. The van der Waals surface area contributed by atoms with Gasteiger partial charge in [0.05, 0.1) is 12.2 Å². The highest BCUT2D eigenvalue weighted by atomic mass is 16.5. The van der Waals surface area contributed by atoms with Crippen LogP contribution in [0.3, 0.4) is 0 Å². The lowest BCUT2D eigenvalue weighted by Crippen LogP contribution is -2.23. The van der Waals surface area contributed by atoms with Gasteiger partial charge in [-0.15, -0.1) is 0 Å². The van der Waals surface area contributed by atoms with Crippen LogP contribution in [0.4, 0.5) is 0 Å². The first-order valence-electron chi connectivity index (χ1n) is 5.49. The summed E-state index contributed by atoms with van der Waals surface area (Å²) in [7, 11) is 1.53. The molecule has 1 aromatic carbocycles. The SMILES string of the molecule is COCCn1cc(C(=O)O)c2ccccc2c1=O. The van der Waals surface area contributed by atoms with Crippen LogP contribution in [0.5, 0.6) is 0 Å². The minimum absolute atomic E-state index is 0.126. The minimum Gasteiger partial charge on any atom is -0.478 e. The van der Waals surface area contributed by atoms with Crippen LogP contribution < -0.4 is 5.56 Å². The van der Waals surface area contributed by atoms with E-state index < -0.39 is 5.97 Å². The fourth-order valence-electron chi connectivity index (χ4n) is 1.87. The number of aromatic nitrogens is 1. The van der Waals surface area contributed by atoms with Crippen molar-refractivity contribution in [3.05, 3.63) is 46.4 Å². The second kappa shape index (κ2) is 5.01. The monoisotopic (exact) mass is 247 g/mol. The van der Waals surface area contributed by atoms with Gasteiger partial charge in [0, 0.05) is 30.6 Å². The van der Waals surface area contributed by atoms with Gasteiger partial charge in [-0.25, -0.2) is 4.79 Å². The summed E-state index contributed by atoms with van der Waals surface area (Å²) in [4.78, 5) is 23.3. The molecule has 0 fully saturated rings. The fourth-order valence-corrected chi connectivity index (χ4v) is 1.87. The molecule has 0 bridgehead atoms. The van der Waals surface area contributed by atoms with Crippen molar-refractivity contribution < 1.29 is 14.6 Å². The van der Waals surface area contributed by atoms with E-state index in [0.717, 1.165) is 0 Å². The normalized spacial score (nSPS) is 10.7. The summed E-state index contributed by atoms with van der Waals surface area (Å²) in [5.74, 6) is -1.04. The standard InChI is InChI=1S/C13H13NO4/c1-18-7-6-14-8-11(13(16)17)9-4-2-3-5-10(9)12(14)15/h2-5,8H,6-7H2,1H3,(H,16,17). The van der Waals surface area contributed by atoms with E-state index in [0.29, 0.717) is 23.9 Å². The van der Waals surface area contributed by atoms with Gasteiger partial charge in [-0.3, -0.25) is 4.79 Å². The Balaban J connectivity index is 2.71. The molecule has 0 saturated carbocycles. The van der Waals surface area contributed by atoms with E-state index in [4.69, 9.17) is 4.74 Å². The molecular formula is C13H13NO4. The van der Waals surface area contributed by atoms with Gasteiger partial charge in [0.1, 0.15) is 0 Å². The first kappa shape index (κ1) is 12.3. The maximum atomic E-state index is 12.1. The molecule has 94 valence electrons. The lowest BCUT2D eigenvalue weighted by atomic mass is 10.1. The smallest absolute Gasteiger partial charge is 0.337 e. The highest BCUT2D eigenvalue weighted by Crippen LogP contribution is 2.15. The zero-order chi connectivity index (χ0) is 13.1. The van der Waals surface area contributed by atoms with Gasteiger partial charge in [-0.1, -0.05) is 18.2 Å². The largest absolute Gasteiger partial charge is 0.478 e. The Kier molecular flexibility index (Phi) is 3.43. The number of methoxy groups -OCH3 is 1. The van der Waals surface area contributed by atoms with Crippen LogP contribution in [0.1, 0.15) is 10.4 Å². The van der Waals surface area contributed by atoms with E-state index in [9.17, 15) is 14.7 Å². The molecule has 0 unspecified atom stereocenters. The van der Waals surface area contributed by atoms with Gasteiger partial charge in [-0.2, -0.15) is 0 Å². The van der Waals surface area contributed by atoms with E-state index in [1.54, 1.807) is 24.3 Å². The number of hydrogen-bond donors (Lipinski definition) is 1. The summed E-state index contributed by atoms with van der Waals surface area (Å²) >= 11 is 0. The maximum Gasteiger partial charge on any atom is 0.337 e. The third kappa shape index (κ3) is 2.12. The highest BCUT2D eigenvalue weighted by Gasteiger charge is 2.13. The number of rotatable bonds is 4. The number of benzene rings is 1. The van der Waals surface area contributed by atoms with Crippen molar-refractivity contribution in [1.29, 1.82) is 0 Å². The number of nitrogens with zero attached hydrogens (tertiary/aromatic N) is 1. The molecule has 5 heteroatoms. The Labute approximate surface area is 103 Å². The molecule has 0 radical (unpaired) electrons. The van der Waals surface area contributed by atoms with Gasteiger partial charge in [0.15, 0.2) is 0 Å². The number of pyridine rings is 1. The number of ether oxygens (including phenoxy) is 1. The molecule has 18 heavy (non-hydrogen) atoms. The van der Waals surface area contributed by atoms with Crippen molar-refractivity contribution in [2.24, 2.45) is 0 Å². The molecule has 0 saturated heterocycles. The van der Waals surface area contributed by atoms with Crippen molar-refractivity contribution >= 4 is 16.7 Å². The third-order valence-corrected chi connectivity index (χ3v) is 2.76. The second-order valence-electron chi connectivity index (χ2n) is 3.88.